The van der Waals surface area contributed by atoms with Gasteiger partial charge in [0.15, 0.2) is 6.61 Å². The van der Waals surface area contributed by atoms with Gasteiger partial charge in [0.25, 0.3) is 17.1 Å². The molecule has 26 heavy (non-hydrogen) atoms. The van der Waals surface area contributed by atoms with Crippen molar-refractivity contribution in [1.82, 2.24) is 5.32 Å². The number of benzene rings is 2. The Morgan fingerprint density at radius 3 is 2.58 bits per heavy atom. The fraction of sp³-hybridized carbons (Fsp3) is 0.105. The molecule has 6 nitrogen and oxygen atoms in total. The molecular weight excluding hydrogens is 352 g/mol. The number of amides is 3. The van der Waals surface area contributed by atoms with Crippen molar-refractivity contribution in [2.24, 2.45) is 0 Å². The third-order valence-electron chi connectivity index (χ3n) is 3.54. The molecule has 2 aromatic carbocycles. The fourth-order valence-corrected chi connectivity index (χ4v) is 2.94. The summed E-state index contributed by atoms with van der Waals surface area (Å²) >= 11 is 0.831. The number of thioether (sulfide) groups is 1. The monoisotopic (exact) mass is 368 g/mol. The Kier molecular flexibility index (Phi) is 5.38. The van der Waals surface area contributed by atoms with E-state index >= 15 is 0 Å². The Hall–Kier alpha value is -3.06. The molecule has 0 radical (unpaired) electrons. The highest BCUT2D eigenvalue weighted by Gasteiger charge is 2.25. The van der Waals surface area contributed by atoms with Crippen LogP contribution in [0, 0.1) is 6.92 Å². The number of carbonyl (C=O) groups is 3. The van der Waals surface area contributed by atoms with Crippen LogP contribution in [0.15, 0.2) is 53.4 Å². The molecule has 1 heterocycles. The molecule has 0 spiro atoms. The second kappa shape index (κ2) is 7.88. The minimum absolute atomic E-state index is 0.174. The van der Waals surface area contributed by atoms with E-state index < -0.39 is 11.1 Å². The minimum Gasteiger partial charge on any atom is -0.483 e. The van der Waals surface area contributed by atoms with Crippen molar-refractivity contribution in [3.63, 3.8) is 0 Å². The number of ether oxygens (including phenoxy) is 1. The van der Waals surface area contributed by atoms with Gasteiger partial charge in [-0.15, -0.1) is 0 Å². The predicted molar refractivity (Wildman–Crippen MR) is 101 cm³/mol. The van der Waals surface area contributed by atoms with E-state index in [1.165, 1.54) is 0 Å². The van der Waals surface area contributed by atoms with E-state index in [0.29, 0.717) is 17.0 Å². The van der Waals surface area contributed by atoms with E-state index in [4.69, 9.17) is 4.74 Å². The summed E-state index contributed by atoms with van der Waals surface area (Å²) in [4.78, 5) is 35.3. The van der Waals surface area contributed by atoms with Crippen molar-refractivity contribution in [1.29, 1.82) is 0 Å². The number of carbonyl (C=O) groups excluding carboxylic acids is 3. The van der Waals surface area contributed by atoms with Crippen LogP contribution in [0.4, 0.5) is 10.5 Å². The van der Waals surface area contributed by atoms with Crippen LogP contribution < -0.4 is 15.4 Å². The number of imide groups is 1. The van der Waals surface area contributed by atoms with Gasteiger partial charge in [0.05, 0.1) is 4.91 Å². The normalized spacial score (nSPS) is 15.0. The molecule has 1 saturated heterocycles. The van der Waals surface area contributed by atoms with Gasteiger partial charge in [-0.25, -0.2) is 0 Å². The van der Waals surface area contributed by atoms with Gasteiger partial charge in [-0.05, 0) is 43.0 Å². The predicted octanol–water partition coefficient (Wildman–Crippen LogP) is 3.34. The van der Waals surface area contributed by atoms with Crippen molar-refractivity contribution in [2.75, 3.05) is 11.9 Å². The Bertz CT molecular complexity index is 891. The molecule has 132 valence electrons. The second-order valence-corrected chi connectivity index (χ2v) is 6.61. The summed E-state index contributed by atoms with van der Waals surface area (Å²) in [5.74, 6) is -0.279. The Balaban J connectivity index is 1.66. The van der Waals surface area contributed by atoms with E-state index in [-0.39, 0.29) is 17.4 Å². The summed E-state index contributed by atoms with van der Waals surface area (Å²) in [6, 6.07) is 14.4. The summed E-state index contributed by atoms with van der Waals surface area (Å²) in [6.07, 6.45) is 1.57. The zero-order valence-corrected chi connectivity index (χ0v) is 14.8. The van der Waals surface area contributed by atoms with Gasteiger partial charge in [0.2, 0.25) is 0 Å². The summed E-state index contributed by atoms with van der Waals surface area (Å²) in [5.41, 5.74) is 2.41. The van der Waals surface area contributed by atoms with Crippen LogP contribution in [0.5, 0.6) is 5.75 Å². The zero-order valence-electron chi connectivity index (χ0n) is 13.9. The smallest absolute Gasteiger partial charge is 0.290 e. The fourth-order valence-electron chi connectivity index (χ4n) is 2.27. The highest BCUT2D eigenvalue weighted by molar-refractivity contribution is 8.18. The molecule has 2 aromatic rings. The van der Waals surface area contributed by atoms with Gasteiger partial charge in [-0.1, -0.05) is 35.9 Å². The molecule has 7 heteroatoms. The number of para-hydroxylation sites is 1. The van der Waals surface area contributed by atoms with Crippen LogP contribution in [0.2, 0.25) is 0 Å². The Labute approximate surface area is 154 Å². The molecule has 0 atom stereocenters. The van der Waals surface area contributed by atoms with Crippen LogP contribution in [0.1, 0.15) is 11.1 Å². The lowest BCUT2D eigenvalue weighted by molar-refractivity contribution is -0.118. The number of aryl methyl sites for hydroxylation is 1. The van der Waals surface area contributed by atoms with E-state index in [1.54, 1.807) is 30.3 Å². The van der Waals surface area contributed by atoms with E-state index in [0.717, 1.165) is 17.3 Å². The quantitative estimate of drug-likeness (QED) is 0.791. The van der Waals surface area contributed by atoms with Gasteiger partial charge in [0, 0.05) is 11.3 Å². The van der Waals surface area contributed by atoms with Crippen molar-refractivity contribution < 1.29 is 19.1 Å². The number of hydrogen-bond donors (Lipinski definition) is 2. The summed E-state index contributed by atoms with van der Waals surface area (Å²) in [5, 5.41) is 4.55. The minimum atomic E-state index is -0.438. The molecule has 2 N–H and O–H groups in total. The molecule has 1 aliphatic rings. The summed E-state index contributed by atoms with van der Waals surface area (Å²) in [7, 11) is 0. The molecule has 3 rings (SSSR count). The molecule has 0 aliphatic carbocycles. The molecule has 0 unspecified atom stereocenters. The van der Waals surface area contributed by atoms with Crippen molar-refractivity contribution in [2.45, 2.75) is 6.92 Å². The highest BCUT2D eigenvalue weighted by atomic mass is 32.2. The standard InChI is InChI=1S/C19H16N2O4S/c1-12-6-8-14(9-7-12)20-17(22)11-25-15-5-3-2-4-13(15)10-16-18(23)21-19(24)26-16/h2-10H,11H2,1H3,(H,20,22)(H,21,23,24)/b16-10-. The molecule has 0 saturated carbocycles. The molecule has 0 bridgehead atoms. The number of hydrogen-bond acceptors (Lipinski definition) is 5. The van der Waals surface area contributed by atoms with Gasteiger partial charge in [0.1, 0.15) is 5.75 Å². The number of anilines is 1. The van der Waals surface area contributed by atoms with Crippen LogP contribution >= 0.6 is 11.8 Å². The first-order chi connectivity index (χ1) is 12.5. The topological polar surface area (TPSA) is 84.5 Å². The molecule has 3 amide bonds. The van der Waals surface area contributed by atoms with Crippen LogP contribution in [-0.2, 0) is 9.59 Å². The highest BCUT2D eigenvalue weighted by Crippen LogP contribution is 2.29. The van der Waals surface area contributed by atoms with E-state index in [1.807, 2.05) is 31.2 Å². The third-order valence-corrected chi connectivity index (χ3v) is 4.35. The molecule has 1 fully saturated rings. The van der Waals surface area contributed by atoms with E-state index in [2.05, 4.69) is 10.6 Å². The largest absolute Gasteiger partial charge is 0.483 e. The lowest BCUT2D eigenvalue weighted by Gasteiger charge is -2.10. The summed E-state index contributed by atoms with van der Waals surface area (Å²) in [6.45, 7) is 1.79. The Morgan fingerprint density at radius 2 is 1.88 bits per heavy atom. The number of nitrogens with one attached hydrogen (secondary N) is 2. The van der Waals surface area contributed by atoms with Crippen molar-refractivity contribution >= 4 is 40.6 Å². The lowest BCUT2D eigenvalue weighted by atomic mass is 10.2. The first kappa shape index (κ1) is 17.8. The molecular formula is C19H16N2O4S. The summed E-state index contributed by atoms with van der Waals surface area (Å²) < 4.78 is 5.58. The van der Waals surface area contributed by atoms with Crippen molar-refractivity contribution in [3.05, 3.63) is 64.6 Å². The maximum Gasteiger partial charge on any atom is 0.290 e. The van der Waals surface area contributed by atoms with Crippen LogP contribution in [0.25, 0.3) is 6.08 Å². The average molecular weight is 368 g/mol. The second-order valence-electron chi connectivity index (χ2n) is 5.59. The van der Waals surface area contributed by atoms with Crippen LogP contribution in [0.3, 0.4) is 0 Å². The van der Waals surface area contributed by atoms with Crippen molar-refractivity contribution in [3.8, 4) is 5.75 Å². The first-order valence-electron chi connectivity index (χ1n) is 7.84. The maximum atomic E-state index is 12.1. The lowest BCUT2D eigenvalue weighted by Crippen LogP contribution is -2.20. The van der Waals surface area contributed by atoms with Gasteiger partial charge in [-0.2, -0.15) is 0 Å². The Morgan fingerprint density at radius 1 is 1.15 bits per heavy atom. The zero-order chi connectivity index (χ0) is 18.5. The maximum absolute atomic E-state index is 12.1. The van der Waals surface area contributed by atoms with Gasteiger partial charge < -0.3 is 10.1 Å². The van der Waals surface area contributed by atoms with Gasteiger partial charge >= 0.3 is 0 Å². The molecule has 0 aromatic heterocycles. The average Bonchev–Trinajstić information content (AvgIpc) is 2.93. The number of rotatable bonds is 5. The van der Waals surface area contributed by atoms with E-state index in [9.17, 15) is 14.4 Å². The first-order valence-corrected chi connectivity index (χ1v) is 8.66. The molecule has 1 aliphatic heterocycles. The SMILES string of the molecule is Cc1ccc(NC(=O)COc2ccccc2/C=C2\SC(=O)NC2=O)cc1. The van der Waals surface area contributed by atoms with Crippen LogP contribution in [-0.4, -0.2) is 23.7 Å². The third kappa shape index (κ3) is 4.52. The van der Waals surface area contributed by atoms with Gasteiger partial charge in [-0.3, -0.25) is 19.7 Å².